The van der Waals surface area contributed by atoms with Crippen molar-refractivity contribution in [1.82, 2.24) is 0 Å². The van der Waals surface area contributed by atoms with Crippen LogP contribution in [0.3, 0.4) is 0 Å². The van der Waals surface area contributed by atoms with E-state index >= 15 is 0 Å². The average molecular weight is 415 g/mol. The molecular weight excluding hydrogens is 394 g/mol. The summed E-state index contributed by atoms with van der Waals surface area (Å²) in [5, 5.41) is 21.0. The van der Waals surface area contributed by atoms with Gasteiger partial charge < -0.3 is 14.9 Å². The highest BCUT2D eigenvalue weighted by Crippen LogP contribution is 2.43. The molecule has 0 aliphatic carbocycles. The maximum Gasteiger partial charge on any atom is 0.300 e. The SMILES string of the molecule is COc1ccc(C)cc1/C(O)=C1\C(=O)C(=O)N(c2ccccc2)C1c1ccc(O)cc1. The highest BCUT2D eigenvalue weighted by Gasteiger charge is 2.47. The maximum absolute atomic E-state index is 13.1. The van der Waals surface area contributed by atoms with Crippen LogP contribution in [0.25, 0.3) is 5.76 Å². The molecule has 6 heteroatoms. The number of aliphatic hydroxyl groups excluding tert-OH is 1. The number of phenols is 1. The average Bonchev–Trinajstić information content (AvgIpc) is 3.05. The zero-order valence-electron chi connectivity index (χ0n) is 17.1. The predicted octanol–water partition coefficient (Wildman–Crippen LogP) is 4.34. The van der Waals surface area contributed by atoms with Crippen molar-refractivity contribution < 1.29 is 24.5 Å². The third-order valence-electron chi connectivity index (χ3n) is 5.30. The normalized spacial score (nSPS) is 17.7. The number of Topliss-reactive ketones (excluding diaryl/α,β-unsaturated/α-hetero) is 1. The number of methoxy groups -OCH3 is 1. The van der Waals surface area contributed by atoms with E-state index in [4.69, 9.17) is 4.74 Å². The Morgan fingerprint density at radius 2 is 1.65 bits per heavy atom. The Kier molecular flexibility index (Phi) is 5.21. The second-order valence-corrected chi connectivity index (χ2v) is 7.30. The minimum atomic E-state index is -0.867. The second kappa shape index (κ2) is 7.99. The summed E-state index contributed by atoms with van der Waals surface area (Å²) < 4.78 is 5.37. The zero-order chi connectivity index (χ0) is 22.1. The first-order valence-corrected chi connectivity index (χ1v) is 9.72. The molecule has 0 aromatic heterocycles. The van der Waals surface area contributed by atoms with E-state index in [1.54, 1.807) is 48.5 Å². The number of ketones is 1. The molecule has 3 aromatic rings. The molecule has 1 amide bonds. The number of amides is 1. The fraction of sp³-hybridized carbons (Fsp3) is 0.120. The molecule has 31 heavy (non-hydrogen) atoms. The van der Waals surface area contributed by atoms with Crippen molar-refractivity contribution in [3.8, 4) is 11.5 Å². The number of benzene rings is 3. The van der Waals surface area contributed by atoms with Gasteiger partial charge in [0.05, 0.1) is 24.3 Å². The molecule has 1 unspecified atom stereocenters. The van der Waals surface area contributed by atoms with Crippen LogP contribution in [-0.4, -0.2) is 29.0 Å². The molecule has 1 aliphatic heterocycles. The standard InChI is InChI=1S/C25H21NO5/c1-15-8-13-20(31-2)19(14-15)23(28)21-22(16-9-11-18(27)12-10-16)26(25(30)24(21)29)17-6-4-3-5-7-17/h3-14,22,27-28H,1-2H3/b23-21+. The van der Waals surface area contributed by atoms with E-state index in [1.165, 1.54) is 24.1 Å². The lowest BCUT2D eigenvalue weighted by Gasteiger charge is -2.25. The van der Waals surface area contributed by atoms with Crippen LogP contribution in [0.15, 0.2) is 78.4 Å². The number of hydrogen-bond acceptors (Lipinski definition) is 5. The molecule has 0 bridgehead atoms. The number of rotatable bonds is 4. The predicted molar refractivity (Wildman–Crippen MR) is 117 cm³/mol. The maximum atomic E-state index is 13.1. The number of para-hydroxylation sites is 1. The molecule has 0 spiro atoms. The second-order valence-electron chi connectivity index (χ2n) is 7.30. The van der Waals surface area contributed by atoms with E-state index in [9.17, 15) is 19.8 Å². The van der Waals surface area contributed by atoms with Gasteiger partial charge in [-0.05, 0) is 48.9 Å². The molecule has 0 saturated carbocycles. The van der Waals surface area contributed by atoms with Gasteiger partial charge in [0.1, 0.15) is 17.3 Å². The Morgan fingerprint density at radius 3 is 2.29 bits per heavy atom. The van der Waals surface area contributed by atoms with Crippen molar-refractivity contribution in [1.29, 1.82) is 0 Å². The van der Waals surface area contributed by atoms with Crippen LogP contribution in [0.4, 0.5) is 5.69 Å². The van der Waals surface area contributed by atoms with Gasteiger partial charge in [-0.15, -0.1) is 0 Å². The third kappa shape index (κ3) is 3.53. The van der Waals surface area contributed by atoms with E-state index < -0.39 is 17.7 Å². The van der Waals surface area contributed by atoms with Gasteiger partial charge in [-0.2, -0.15) is 0 Å². The number of anilines is 1. The molecule has 6 nitrogen and oxygen atoms in total. The topological polar surface area (TPSA) is 87.1 Å². The summed E-state index contributed by atoms with van der Waals surface area (Å²) in [6.07, 6.45) is 0. The molecule has 2 N–H and O–H groups in total. The van der Waals surface area contributed by atoms with Crippen molar-refractivity contribution in [2.45, 2.75) is 13.0 Å². The number of hydrogen-bond donors (Lipinski definition) is 2. The van der Waals surface area contributed by atoms with Gasteiger partial charge in [0.15, 0.2) is 0 Å². The third-order valence-corrected chi connectivity index (χ3v) is 5.30. The number of ether oxygens (including phenoxy) is 1. The first-order valence-electron chi connectivity index (χ1n) is 9.72. The van der Waals surface area contributed by atoms with Crippen LogP contribution < -0.4 is 9.64 Å². The highest BCUT2D eigenvalue weighted by molar-refractivity contribution is 6.51. The van der Waals surface area contributed by atoms with E-state index in [0.717, 1.165) is 5.56 Å². The van der Waals surface area contributed by atoms with Gasteiger partial charge in [-0.1, -0.05) is 42.0 Å². The van der Waals surface area contributed by atoms with Gasteiger partial charge in [-0.25, -0.2) is 0 Å². The van der Waals surface area contributed by atoms with Crippen LogP contribution in [0.5, 0.6) is 11.5 Å². The Balaban J connectivity index is 1.98. The number of aromatic hydroxyl groups is 1. The van der Waals surface area contributed by atoms with Gasteiger partial charge in [0.25, 0.3) is 11.7 Å². The summed E-state index contributed by atoms with van der Waals surface area (Å²) in [5.74, 6) is -1.39. The Labute approximate surface area is 179 Å². The van der Waals surface area contributed by atoms with Gasteiger partial charge in [0.2, 0.25) is 0 Å². The summed E-state index contributed by atoms with van der Waals surface area (Å²) in [6, 6.07) is 19.4. The van der Waals surface area contributed by atoms with Crippen molar-refractivity contribution in [3.05, 3.63) is 95.1 Å². The van der Waals surface area contributed by atoms with Crippen molar-refractivity contribution >= 4 is 23.1 Å². The van der Waals surface area contributed by atoms with Crippen molar-refractivity contribution in [3.63, 3.8) is 0 Å². The number of carbonyl (C=O) groups is 2. The van der Waals surface area contributed by atoms with Crippen LogP contribution >= 0.6 is 0 Å². The van der Waals surface area contributed by atoms with Gasteiger partial charge in [-0.3, -0.25) is 14.5 Å². The Bertz CT molecular complexity index is 1180. The van der Waals surface area contributed by atoms with E-state index in [-0.39, 0.29) is 17.1 Å². The molecule has 3 aromatic carbocycles. The quantitative estimate of drug-likeness (QED) is 0.376. The molecule has 1 atom stereocenters. The lowest BCUT2D eigenvalue weighted by Crippen LogP contribution is -2.29. The molecule has 1 saturated heterocycles. The monoisotopic (exact) mass is 415 g/mol. The molecule has 1 heterocycles. The van der Waals surface area contributed by atoms with E-state index in [0.29, 0.717) is 22.6 Å². The summed E-state index contributed by atoms with van der Waals surface area (Å²) in [6.45, 7) is 1.86. The van der Waals surface area contributed by atoms with Crippen molar-refractivity contribution in [2.75, 3.05) is 12.0 Å². The minimum absolute atomic E-state index is 0.0385. The number of phenolic OH excluding ortho intramolecular Hbond substituents is 1. The first kappa shape index (κ1) is 20.2. The van der Waals surface area contributed by atoms with Gasteiger partial charge >= 0.3 is 0 Å². The summed E-state index contributed by atoms with van der Waals surface area (Å²) >= 11 is 0. The lowest BCUT2D eigenvalue weighted by atomic mass is 9.94. The lowest BCUT2D eigenvalue weighted by molar-refractivity contribution is -0.132. The highest BCUT2D eigenvalue weighted by atomic mass is 16.5. The van der Waals surface area contributed by atoms with Crippen LogP contribution in [0, 0.1) is 6.92 Å². The summed E-state index contributed by atoms with van der Waals surface area (Å²) in [4.78, 5) is 27.6. The van der Waals surface area contributed by atoms with Crippen LogP contribution in [0.1, 0.15) is 22.7 Å². The molecule has 1 fully saturated rings. The largest absolute Gasteiger partial charge is 0.508 e. The van der Waals surface area contributed by atoms with Crippen molar-refractivity contribution in [2.24, 2.45) is 0 Å². The summed E-state index contributed by atoms with van der Waals surface area (Å²) in [7, 11) is 1.47. The Hall–Kier alpha value is -4.06. The number of carbonyl (C=O) groups excluding carboxylic acids is 2. The first-order chi connectivity index (χ1) is 14.9. The number of aliphatic hydroxyl groups is 1. The molecule has 156 valence electrons. The van der Waals surface area contributed by atoms with Gasteiger partial charge in [0, 0.05) is 5.69 Å². The summed E-state index contributed by atoms with van der Waals surface area (Å²) in [5.41, 5.74) is 2.26. The van der Waals surface area contributed by atoms with Crippen LogP contribution in [-0.2, 0) is 9.59 Å². The van der Waals surface area contributed by atoms with E-state index in [2.05, 4.69) is 0 Å². The Morgan fingerprint density at radius 1 is 0.968 bits per heavy atom. The molecular formula is C25H21NO5. The smallest absolute Gasteiger partial charge is 0.300 e. The zero-order valence-corrected chi connectivity index (χ0v) is 17.1. The molecule has 0 radical (unpaired) electrons. The minimum Gasteiger partial charge on any atom is -0.508 e. The molecule has 1 aliphatic rings. The fourth-order valence-electron chi connectivity index (χ4n) is 3.81. The fourth-order valence-corrected chi connectivity index (χ4v) is 3.81. The molecule has 4 rings (SSSR count). The van der Waals surface area contributed by atoms with E-state index in [1.807, 2.05) is 19.1 Å². The number of nitrogens with zero attached hydrogens (tertiary/aromatic N) is 1. The number of aryl methyl sites for hydroxylation is 1. The van der Waals surface area contributed by atoms with Crippen LogP contribution in [0.2, 0.25) is 0 Å².